The van der Waals surface area contributed by atoms with Crippen molar-refractivity contribution in [3.63, 3.8) is 0 Å². The van der Waals surface area contributed by atoms with Gasteiger partial charge in [0.2, 0.25) is 0 Å². The van der Waals surface area contributed by atoms with Crippen molar-refractivity contribution >= 4 is 0 Å². The second-order valence-corrected chi connectivity index (χ2v) is 5.86. The summed E-state index contributed by atoms with van der Waals surface area (Å²) in [6, 6.07) is 1.67. The van der Waals surface area contributed by atoms with Crippen molar-refractivity contribution in [1.82, 2.24) is 10.2 Å². The first-order valence-corrected chi connectivity index (χ1v) is 7.27. The number of hydrogen-bond acceptors (Lipinski definition) is 2. The van der Waals surface area contributed by atoms with Gasteiger partial charge >= 0.3 is 0 Å². The summed E-state index contributed by atoms with van der Waals surface area (Å²) in [5.41, 5.74) is 0. The lowest BCUT2D eigenvalue weighted by atomic mass is 10.1. The van der Waals surface area contributed by atoms with E-state index in [4.69, 9.17) is 0 Å². The molecule has 0 radical (unpaired) electrons. The molecule has 1 heterocycles. The second-order valence-electron chi connectivity index (χ2n) is 5.86. The Bertz CT molecular complexity index is 199. The van der Waals surface area contributed by atoms with E-state index in [2.05, 4.69) is 24.1 Å². The molecule has 0 aromatic rings. The molecular weight excluding hydrogens is 196 g/mol. The quantitative estimate of drug-likeness (QED) is 0.772. The Morgan fingerprint density at radius 2 is 2.12 bits per heavy atom. The minimum atomic E-state index is 0.780. The van der Waals surface area contributed by atoms with E-state index >= 15 is 0 Å². The molecule has 0 amide bonds. The van der Waals surface area contributed by atoms with E-state index in [1.165, 1.54) is 58.2 Å². The molecular formula is C14H28N2. The normalized spacial score (nSPS) is 35.1. The van der Waals surface area contributed by atoms with Crippen LogP contribution in [-0.2, 0) is 0 Å². The van der Waals surface area contributed by atoms with E-state index in [9.17, 15) is 0 Å². The first-order chi connectivity index (χ1) is 7.79. The highest BCUT2D eigenvalue weighted by atomic mass is 15.2. The van der Waals surface area contributed by atoms with Crippen LogP contribution in [0, 0.1) is 5.92 Å². The van der Waals surface area contributed by atoms with E-state index in [0.717, 1.165) is 18.0 Å². The Kier molecular flexibility index (Phi) is 4.66. The Labute approximate surface area is 101 Å². The molecule has 0 aromatic heterocycles. The fourth-order valence-electron chi connectivity index (χ4n) is 3.41. The lowest BCUT2D eigenvalue weighted by molar-refractivity contribution is 0.179. The number of nitrogens with zero attached hydrogens (tertiary/aromatic N) is 1. The van der Waals surface area contributed by atoms with Crippen LogP contribution in [0.15, 0.2) is 0 Å². The fraction of sp³-hybridized carbons (Fsp3) is 1.00. The number of rotatable bonds is 5. The molecule has 3 atom stereocenters. The van der Waals surface area contributed by atoms with Crippen molar-refractivity contribution in [2.24, 2.45) is 5.92 Å². The monoisotopic (exact) mass is 224 g/mol. The van der Waals surface area contributed by atoms with Gasteiger partial charge in [-0.05, 0) is 57.5 Å². The molecule has 0 bridgehead atoms. The molecule has 3 unspecified atom stereocenters. The van der Waals surface area contributed by atoms with Crippen molar-refractivity contribution in [2.75, 3.05) is 19.6 Å². The topological polar surface area (TPSA) is 15.3 Å². The zero-order valence-electron chi connectivity index (χ0n) is 11.0. The van der Waals surface area contributed by atoms with Crippen LogP contribution in [0.3, 0.4) is 0 Å². The number of nitrogens with one attached hydrogen (secondary N) is 1. The van der Waals surface area contributed by atoms with Gasteiger partial charge in [0.15, 0.2) is 0 Å². The summed E-state index contributed by atoms with van der Waals surface area (Å²) in [5.74, 6) is 0.959. The van der Waals surface area contributed by atoms with Crippen molar-refractivity contribution in [3.8, 4) is 0 Å². The molecule has 0 spiro atoms. The maximum Gasteiger partial charge on any atom is 0.0195 e. The molecule has 1 saturated carbocycles. The van der Waals surface area contributed by atoms with Gasteiger partial charge in [-0.15, -0.1) is 0 Å². The third-order valence-electron chi connectivity index (χ3n) is 4.31. The summed E-state index contributed by atoms with van der Waals surface area (Å²) in [4.78, 5) is 2.77. The van der Waals surface area contributed by atoms with Gasteiger partial charge in [0, 0.05) is 18.6 Å². The molecule has 94 valence electrons. The van der Waals surface area contributed by atoms with Crippen LogP contribution < -0.4 is 5.32 Å². The summed E-state index contributed by atoms with van der Waals surface area (Å²) in [6.07, 6.45) is 8.40. The first-order valence-electron chi connectivity index (χ1n) is 7.27. The highest BCUT2D eigenvalue weighted by Gasteiger charge is 2.28. The van der Waals surface area contributed by atoms with E-state index in [0.29, 0.717) is 0 Å². The van der Waals surface area contributed by atoms with Crippen molar-refractivity contribution in [2.45, 2.75) is 64.5 Å². The third-order valence-corrected chi connectivity index (χ3v) is 4.31. The van der Waals surface area contributed by atoms with Crippen LogP contribution in [0.4, 0.5) is 0 Å². The maximum atomic E-state index is 3.64. The van der Waals surface area contributed by atoms with Crippen molar-refractivity contribution < 1.29 is 0 Å². The predicted molar refractivity (Wildman–Crippen MR) is 69.7 cm³/mol. The Hall–Kier alpha value is -0.0800. The van der Waals surface area contributed by atoms with Crippen molar-refractivity contribution in [1.29, 1.82) is 0 Å². The molecule has 2 nitrogen and oxygen atoms in total. The average molecular weight is 224 g/mol. The minimum absolute atomic E-state index is 0.780. The van der Waals surface area contributed by atoms with Gasteiger partial charge < -0.3 is 5.32 Å². The van der Waals surface area contributed by atoms with Crippen LogP contribution in [0.1, 0.15) is 52.4 Å². The molecule has 16 heavy (non-hydrogen) atoms. The van der Waals surface area contributed by atoms with E-state index in [1.807, 2.05) is 0 Å². The minimum Gasteiger partial charge on any atom is -0.313 e. The smallest absolute Gasteiger partial charge is 0.0195 e. The zero-order chi connectivity index (χ0) is 11.4. The molecule has 1 N–H and O–H groups in total. The van der Waals surface area contributed by atoms with Gasteiger partial charge in [-0.1, -0.05) is 13.8 Å². The largest absolute Gasteiger partial charge is 0.313 e. The Balaban J connectivity index is 1.83. The molecule has 2 aliphatic rings. The summed E-state index contributed by atoms with van der Waals surface area (Å²) >= 11 is 0. The van der Waals surface area contributed by atoms with Gasteiger partial charge in [0.05, 0.1) is 0 Å². The van der Waals surface area contributed by atoms with Gasteiger partial charge in [0.25, 0.3) is 0 Å². The van der Waals surface area contributed by atoms with Gasteiger partial charge in [0.1, 0.15) is 0 Å². The van der Waals surface area contributed by atoms with Gasteiger partial charge in [-0.3, -0.25) is 4.90 Å². The summed E-state index contributed by atoms with van der Waals surface area (Å²) in [6.45, 7) is 8.57. The molecule has 2 fully saturated rings. The van der Waals surface area contributed by atoms with E-state index in [-0.39, 0.29) is 0 Å². The van der Waals surface area contributed by atoms with Gasteiger partial charge in [-0.2, -0.15) is 0 Å². The molecule has 1 aliphatic heterocycles. The molecule has 0 aromatic carbocycles. The first kappa shape index (κ1) is 12.4. The Morgan fingerprint density at radius 3 is 2.69 bits per heavy atom. The van der Waals surface area contributed by atoms with E-state index in [1.54, 1.807) is 0 Å². The van der Waals surface area contributed by atoms with Crippen LogP contribution in [0.2, 0.25) is 0 Å². The molecule has 1 aliphatic carbocycles. The SMILES string of the molecule is CCCN(CC1CCCN1)C1CCC(C)C1. The maximum absolute atomic E-state index is 3.64. The predicted octanol–water partition coefficient (Wildman–Crippen LogP) is 2.64. The van der Waals surface area contributed by atoms with Crippen LogP contribution in [-0.4, -0.2) is 36.6 Å². The highest BCUT2D eigenvalue weighted by Crippen LogP contribution is 2.29. The zero-order valence-corrected chi connectivity index (χ0v) is 11.0. The van der Waals surface area contributed by atoms with Gasteiger partial charge in [-0.25, -0.2) is 0 Å². The second kappa shape index (κ2) is 6.02. The molecule has 2 heteroatoms. The lowest BCUT2D eigenvalue weighted by Crippen LogP contribution is -2.42. The average Bonchev–Trinajstić information content (AvgIpc) is 2.88. The van der Waals surface area contributed by atoms with Crippen LogP contribution in [0.25, 0.3) is 0 Å². The Morgan fingerprint density at radius 1 is 1.25 bits per heavy atom. The van der Waals surface area contributed by atoms with Crippen LogP contribution in [0.5, 0.6) is 0 Å². The van der Waals surface area contributed by atoms with Crippen LogP contribution >= 0.6 is 0 Å². The summed E-state index contributed by atoms with van der Waals surface area (Å²) < 4.78 is 0. The standard InChI is InChI=1S/C14H28N2/c1-3-9-16(11-13-5-4-8-15-13)14-7-6-12(2)10-14/h12-15H,3-11H2,1-2H3. The molecule has 2 rings (SSSR count). The molecule has 1 saturated heterocycles. The fourth-order valence-corrected chi connectivity index (χ4v) is 3.41. The lowest BCUT2D eigenvalue weighted by Gasteiger charge is -2.31. The van der Waals surface area contributed by atoms with E-state index < -0.39 is 0 Å². The third kappa shape index (κ3) is 3.21. The van der Waals surface area contributed by atoms with Crippen molar-refractivity contribution in [3.05, 3.63) is 0 Å². The summed E-state index contributed by atoms with van der Waals surface area (Å²) in [7, 11) is 0. The summed E-state index contributed by atoms with van der Waals surface area (Å²) in [5, 5.41) is 3.64. The highest BCUT2D eigenvalue weighted by molar-refractivity contribution is 4.85. The number of hydrogen-bond donors (Lipinski definition) is 1.